The van der Waals surface area contributed by atoms with E-state index in [4.69, 9.17) is 5.11 Å². The van der Waals surface area contributed by atoms with Gasteiger partial charge in [0.2, 0.25) is 5.95 Å². The molecule has 0 fully saturated rings. The smallest absolute Gasteiger partial charge is 0.354 e. The van der Waals surface area contributed by atoms with Crippen molar-refractivity contribution in [1.29, 1.82) is 0 Å². The Bertz CT molecular complexity index is 612. The number of aryl methyl sites for hydroxylation is 1. The Kier molecular flexibility index (Phi) is 4.52. The zero-order valence-corrected chi connectivity index (χ0v) is 12.2. The number of benzene rings is 1. The highest BCUT2D eigenvalue weighted by Crippen LogP contribution is 2.18. The van der Waals surface area contributed by atoms with Crippen LogP contribution in [0.25, 0.3) is 0 Å². The van der Waals surface area contributed by atoms with E-state index in [-0.39, 0.29) is 11.2 Å². The Morgan fingerprint density at radius 2 is 1.95 bits per heavy atom. The van der Waals surface area contributed by atoms with Crippen LogP contribution in [0, 0.1) is 0 Å². The first kappa shape index (κ1) is 15.0. The van der Waals surface area contributed by atoms with Crippen molar-refractivity contribution >= 4 is 11.9 Å². The van der Waals surface area contributed by atoms with E-state index in [9.17, 15) is 4.79 Å². The molecule has 2 aromatic rings. The summed E-state index contributed by atoms with van der Waals surface area (Å²) in [6, 6.07) is 11.6. The Balaban J connectivity index is 2.00. The van der Waals surface area contributed by atoms with Crippen molar-refractivity contribution in [2.75, 3.05) is 5.32 Å². The van der Waals surface area contributed by atoms with Crippen LogP contribution in [0.2, 0.25) is 0 Å². The topological polar surface area (TPSA) is 75.1 Å². The van der Waals surface area contributed by atoms with Crippen LogP contribution in [0.3, 0.4) is 0 Å². The Morgan fingerprint density at radius 3 is 2.62 bits per heavy atom. The number of carboxylic acid groups (broad SMARTS) is 1. The average Bonchev–Trinajstić information content (AvgIpc) is 2.46. The normalized spacial score (nSPS) is 11.1. The van der Waals surface area contributed by atoms with Gasteiger partial charge >= 0.3 is 5.97 Å². The lowest BCUT2D eigenvalue weighted by Crippen LogP contribution is -2.32. The third-order valence-corrected chi connectivity index (χ3v) is 3.21. The van der Waals surface area contributed by atoms with Gasteiger partial charge in [0, 0.05) is 11.7 Å². The van der Waals surface area contributed by atoms with E-state index in [0.717, 1.165) is 12.8 Å². The number of carbonyl (C=O) groups is 1. The highest BCUT2D eigenvalue weighted by Gasteiger charge is 2.19. The van der Waals surface area contributed by atoms with Gasteiger partial charge in [0.05, 0.1) is 0 Å². The summed E-state index contributed by atoms with van der Waals surface area (Å²) in [5, 5.41) is 12.1. The Labute approximate surface area is 124 Å². The number of nitrogens with one attached hydrogen (secondary N) is 1. The molecule has 0 unspecified atom stereocenters. The molecule has 0 aliphatic heterocycles. The molecule has 0 bridgehead atoms. The van der Waals surface area contributed by atoms with E-state index >= 15 is 0 Å². The molecule has 21 heavy (non-hydrogen) atoms. The van der Waals surface area contributed by atoms with E-state index < -0.39 is 5.97 Å². The van der Waals surface area contributed by atoms with Gasteiger partial charge in [0.15, 0.2) is 5.69 Å². The fourth-order valence-corrected chi connectivity index (χ4v) is 2.00. The van der Waals surface area contributed by atoms with Crippen LogP contribution in [0.5, 0.6) is 0 Å². The lowest BCUT2D eigenvalue weighted by molar-refractivity contribution is 0.0690. The molecular formula is C16H19N3O2. The van der Waals surface area contributed by atoms with Crippen LogP contribution in [0.15, 0.2) is 42.6 Å². The predicted molar refractivity (Wildman–Crippen MR) is 81.5 cm³/mol. The minimum atomic E-state index is -1.05. The molecule has 0 amide bonds. The third kappa shape index (κ3) is 4.56. The molecule has 0 saturated heterocycles. The Hall–Kier alpha value is -2.43. The summed E-state index contributed by atoms with van der Waals surface area (Å²) in [4.78, 5) is 19.0. The fourth-order valence-electron chi connectivity index (χ4n) is 2.00. The summed E-state index contributed by atoms with van der Waals surface area (Å²) in [7, 11) is 0. The summed E-state index contributed by atoms with van der Waals surface area (Å²) < 4.78 is 0. The van der Waals surface area contributed by atoms with Crippen molar-refractivity contribution in [1.82, 2.24) is 9.97 Å². The van der Waals surface area contributed by atoms with E-state index in [1.54, 1.807) is 0 Å². The minimum Gasteiger partial charge on any atom is -0.477 e. The zero-order valence-electron chi connectivity index (χ0n) is 12.2. The van der Waals surface area contributed by atoms with Crippen LogP contribution >= 0.6 is 0 Å². The number of hydrogen-bond donors (Lipinski definition) is 2. The number of carboxylic acids is 1. The second-order valence-electron chi connectivity index (χ2n) is 5.57. The van der Waals surface area contributed by atoms with Crippen LogP contribution in [0.4, 0.5) is 5.95 Å². The first-order valence-corrected chi connectivity index (χ1v) is 6.85. The predicted octanol–water partition coefficient (Wildman–Crippen LogP) is 3.00. The van der Waals surface area contributed by atoms with Crippen molar-refractivity contribution in [3.8, 4) is 0 Å². The fraction of sp³-hybridized carbons (Fsp3) is 0.312. The molecule has 5 heteroatoms. The highest BCUT2D eigenvalue weighted by molar-refractivity contribution is 5.85. The van der Waals surface area contributed by atoms with E-state index in [1.807, 2.05) is 32.0 Å². The van der Waals surface area contributed by atoms with E-state index in [1.165, 1.54) is 17.8 Å². The summed E-state index contributed by atoms with van der Waals surface area (Å²) in [5.74, 6) is -0.712. The quantitative estimate of drug-likeness (QED) is 0.853. The first-order chi connectivity index (χ1) is 9.96. The maximum atomic E-state index is 10.9. The molecule has 0 saturated carbocycles. The SMILES string of the molecule is CC(C)(CCc1ccccc1)Nc1nccc(C(=O)O)n1. The largest absolute Gasteiger partial charge is 0.477 e. The molecule has 1 heterocycles. The monoisotopic (exact) mass is 285 g/mol. The summed E-state index contributed by atoms with van der Waals surface area (Å²) in [6.45, 7) is 4.10. The van der Waals surface area contributed by atoms with Gasteiger partial charge in [-0.25, -0.2) is 14.8 Å². The number of hydrogen-bond acceptors (Lipinski definition) is 4. The number of nitrogens with zero attached hydrogens (tertiary/aromatic N) is 2. The molecule has 0 radical (unpaired) electrons. The lowest BCUT2D eigenvalue weighted by atomic mass is 9.95. The van der Waals surface area contributed by atoms with Crippen molar-refractivity contribution < 1.29 is 9.90 Å². The zero-order chi connectivity index (χ0) is 15.3. The van der Waals surface area contributed by atoms with Gasteiger partial charge in [-0.1, -0.05) is 30.3 Å². The molecule has 2 N–H and O–H groups in total. The number of anilines is 1. The van der Waals surface area contributed by atoms with E-state index in [2.05, 4.69) is 27.4 Å². The highest BCUT2D eigenvalue weighted by atomic mass is 16.4. The molecule has 0 aliphatic carbocycles. The number of aromatic carboxylic acids is 1. The summed E-state index contributed by atoms with van der Waals surface area (Å²) in [6.07, 6.45) is 3.27. The van der Waals surface area contributed by atoms with Gasteiger partial charge in [0.25, 0.3) is 0 Å². The van der Waals surface area contributed by atoms with E-state index in [0.29, 0.717) is 5.95 Å². The summed E-state index contributed by atoms with van der Waals surface area (Å²) >= 11 is 0. The first-order valence-electron chi connectivity index (χ1n) is 6.85. The lowest BCUT2D eigenvalue weighted by Gasteiger charge is -2.26. The van der Waals surface area contributed by atoms with Gasteiger partial charge in [-0.15, -0.1) is 0 Å². The maximum Gasteiger partial charge on any atom is 0.354 e. The molecule has 0 atom stereocenters. The second-order valence-corrected chi connectivity index (χ2v) is 5.57. The van der Waals surface area contributed by atoms with Gasteiger partial charge in [-0.3, -0.25) is 0 Å². The van der Waals surface area contributed by atoms with Crippen LogP contribution in [-0.4, -0.2) is 26.6 Å². The molecule has 1 aromatic heterocycles. The molecular weight excluding hydrogens is 266 g/mol. The maximum absolute atomic E-state index is 10.9. The van der Waals surface area contributed by atoms with Crippen molar-refractivity contribution in [3.63, 3.8) is 0 Å². The summed E-state index contributed by atoms with van der Waals surface area (Å²) in [5.41, 5.74) is 1.03. The van der Waals surface area contributed by atoms with Crippen molar-refractivity contribution in [3.05, 3.63) is 53.9 Å². The van der Waals surface area contributed by atoms with Gasteiger partial charge in [0.1, 0.15) is 0 Å². The standard InChI is InChI=1S/C16H19N3O2/c1-16(2,10-8-12-6-4-3-5-7-12)19-15-17-11-9-13(18-15)14(20)21/h3-7,9,11H,8,10H2,1-2H3,(H,20,21)(H,17,18,19). The number of rotatable bonds is 6. The van der Waals surface area contributed by atoms with Crippen molar-refractivity contribution in [2.24, 2.45) is 0 Å². The molecule has 5 nitrogen and oxygen atoms in total. The second kappa shape index (κ2) is 6.35. The van der Waals surface area contributed by atoms with Gasteiger partial charge in [-0.05, 0) is 38.3 Å². The molecule has 0 aliphatic rings. The molecule has 2 rings (SSSR count). The van der Waals surface area contributed by atoms with Gasteiger partial charge in [-0.2, -0.15) is 0 Å². The molecule has 110 valence electrons. The average molecular weight is 285 g/mol. The van der Waals surface area contributed by atoms with Crippen LogP contribution in [-0.2, 0) is 6.42 Å². The molecule has 0 spiro atoms. The third-order valence-electron chi connectivity index (χ3n) is 3.21. The number of aromatic nitrogens is 2. The Morgan fingerprint density at radius 1 is 1.24 bits per heavy atom. The van der Waals surface area contributed by atoms with Crippen LogP contribution < -0.4 is 5.32 Å². The van der Waals surface area contributed by atoms with Gasteiger partial charge < -0.3 is 10.4 Å². The molecule has 1 aromatic carbocycles. The van der Waals surface area contributed by atoms with Crippen LogP contribution in [0.1, 0.15) is 36.3 Å². The van der Waals surface area contributed by atoms with Crippen molar-refractivity contribution in [2.45, 2.75) is 32.2 Å². The minimum absolute atomic E-state index is 0.00800.